The zero-order valence-corrected chi connectivity index (χ0v) is 15.9. The highest BCUT2D eigenvalue weighted by Gasteiger charge is 2.27. The summed E-state index contributed by atoms with van der Waals surface area (Å²) >= 11 is 1.73. The fraction of sp³-hybridized carbons (Fsp3) is 0.765. The van der Waals surface area contributed by atoms with Crippen LogP contribution in [0.4, 0.5) is 0 Å². The molecule has 1 saturated heterocycles. The van der Waals surface area contributed by atoms with Crippen molar-refractivity contribution in [3.8, 4) is 0 Å². The summed E-state index contributed by atoms with van der Waals surface area (Å²) in [7, 11) is 4.18. The average Bonchev–Trinajstić information content (AvgIpc) is 3.09. The summed E-state index contributed by atoms with van der Waals surface area (Å²) in [6, 6.07) is 0.408. The van der Waals surface area contributed by atoms with Crippen LogP contribution in [0.5, 0.6) is 0 Å². The molecule has 23 heavy (non-hydrogen) atoms. The number of carbonyl (C=O) groups excluding carboxylic acids is 1. The summed E-state index contributed by atoms with van der Waals surface area (Å²) in [5, 5.41) is 0. The zero-order chi connectivity index (χ0) is 17.0. The Morgan fingerprint density at radius 2 is 2.22 bits per heavy atom. The maximum absolute atomic E-state index is 12.4. The Kier molecular flexibility index (Phi) is 6.56. The number of likely N-dealkylation sites (N-methyl/N-ethyl adjacent to an activating group) is 1. The number of aromatic nitrogens is 1. The smallest absolute Gasteiger partial charge is 0.236 e. The minimum absolute atomic E-state index is 0.268. The molecular weight excluding hydrogens is 308 g/mol. The van der Waals surface area contributed by atoms with E-state index in [-0.39, 0.29) is 5.91 Å². The van der Waals surface area contributed by atoms with Gasteiger partial charge in [0, 0.05) is 37.1 Å². The number of thiazole rings is 1. The van der Waals surface area contributed by atoms with Gasteiger partial charge in [-0.25, -0.2) is 4.98 Å². The maximum Gasteiger partial charge on any atom is 0.236 e. The van der Waals surface area contributed by atoms with Gasteiger partial charge in [-0.2, -0.15) is 0 Å². The first kappa shape index (κ1) is 18.4. The molecule has 5 nitrogen and oxygen atoms in total. The summed E-state index contributed by atoms with van der Waals surface area (Å²) in [5.41, 5.74) is 3.06. The first-order chi connectivity index (χ1) is 10.9. The normalized spacial score (nSPS) is 18.6. The van der Waals surface area contributed by atoms with Crippen LogP contribution in [0.1, 0.15) is 30.8 Å². The van der Waals surface area contributed by atoms with Crippen LogP contribution in [0, 0.1) is 12.8 Å². The highest BCUT2D eigenvalue weighted by Crippen LogP contribution is 2.20. The van der Waals surface area contributed by atoms with Crippen molar-refractivity contribution in [2.45, 2.75) is 39.8 Å². The van der Waals surface area contributed by atoms with Gasteiger partial charge in [-0.3, -0.25) is 9.69 Å². The number of aryl methyl sites for hydroxylation is 1. The van der Waals surface area contributed by atoms with Gasteiger partial charge < -0.3 is 9.80 Å². The van der Waals surface area contributed by atoms with Gasteiger partial charge in [0.15, 0.2) is 0 Å². The molecule has 1 aliphatic rings. The van der Waals surface area contributed by atoms with Crippen LogP contribution in [0.3, 0.4) is 0 Å². The Morgan fingerprint density at radius 3 is 2.83 bits per heavy atom. The van der Waals surface area contributed by atoms with Crippen molar-refractivity contribution in [2.75, 3.05) is 40.3 Å². The standard InChI is InChI=1S/C17H30N4OS/c1-13(2)20(5)11-17(22)21-7-6-15(9-21)8-19(4)10-16-14(3)18-12-23-16/h12-13,15H,6-11H2,1-5H3/t15-/m0/s1. The lowest BCUT2D eigenvalue weighted by Gasteiger charge is -2.25. The SMILES string of the molecule is Cc1ncsc1CN(C)C[C@@H]1CCN(C(=O)CN(C)C(C)C)C1. The third kappa shape index (κ3) is 5.26. The molecule has 1 aromatic heterocycles. The first-order valence-electron chi connectivity index (χ1n) is 8.42. The van der Waals surface area contributed by atoms with E-state index in [2.05, 4.69) is 42.6 Å². The fourth-order valence-corrected chi connectivity index (χ4v) is 3.79. The van der Waals surface area contributed by atoms with Crippen molar-refractivity contribution in [3.63, 3.8) is 0 Å². The Morgan fingerprint density at radius 1 is 1.48 bits per heavy atom. The molecule has 0 spiro atoms. The number of hydrogen-bond donors (Lipinski definition) is 0. The molecule has 0 bridgehead atoms. The van der Waals surface area contributed by atoms with E-state index in [9.17, 15) is 4.79 Å². The van der Waals surface area contributed by atoms with E-state index < -0.39 is 0 Å². The molecule has 1 atom stereocenters. The molecule has 0 unspecified atom stereocenters. The molecule has 0 aromatic carbocycles. The van der Waals surface area contributed by atoms with Crippen molar-refractivity contribution < 1.29 is 4.79 Å². The quantitative estimate of drug-likeness (QED) is 0.763. The van der Waals surface area contributed by atoms with Crippen LogP contribution in [-0.2, 0) is 11.3 Å². The van der Waals surface area contributed by atoms with Gasteiger partial charge in [0.1, 0.15) is 0 Å². The molecule has 1 aliphatic heterocycles. The van der Waals surface area contributed by atoms with Gasteiger partial charge in [-0.1, -0.05) is 0 Å². The van der Waals surface area contributed by atoms with Crippen LogP contribution >= 0.6 is 11.3 Å². The highest BCUT2D eigenvalue weighted by atomic mass is 32.1. The summed E-state index contributed by atoms with van der Waals surface area (Å²) < 4.78 is 0. The number of likely N-dealkylation sites (tertiary alicyclic amines) is 1. The molecule has 6 heteroatoms. The van der Waals surface area contributed by atoms with E-state index in [0.29, 0.717) is 18.5 Å². The molecule has 2 heterocycles. The molecule has 0 saturated carbocycles. The van der Waals surface area contributed by atoms with E-state index in [1.165, 1.54) is 4.88 Å². The van der Waals surface area contributed by atoms with Gasteiger partial charge in [0.2, 0.25) is 5.91 Å². The Hall–Kier alpha value is -0.980. The topological polar surface area (TPSA) is 39.7 Å². The van der Waals surface area contributed by atoms with Gasteiger partial charge in [-0.05, 0) is 47.2 Å². The predicted molar refractivity (Wildman–Crippen MR) is 95.6 cm³/mol. The molecule has 0 radical (unpaired) electrons. The molecule has 1 fully saturated rings. The summed E-state index contributed by atoms with van der Waals surface area (Å²) in [5.74, 6) is 0.853. The molecule has 1 amide bonds. The molecule has 2 rings (SSSR count). The van der Waals surface area contributed by atoms with E-state index in [0.717, 1.165) is 38.3 Å². The Labute approximate surface area is 144 Å². The largest absolute Gasteiger partial charge is 0.341 e. The van der Waals surface area contributed by atoms with Crippen molar-refractivity contribution >= 4 is 17.2 Å². The minimum atomic E-state index is 0.268. The predicted octanol–water partition coefficient (Wildman–Crippen LogP) is 2.07. The molecule has 1 aromatic rings. The summed E-state index contributed by atoms with van der Waals surface area (Å²) in [6.07, 6.45) is 1.11. The molecule has 0 N–H and O–H groups in total. The second-order valence-electron chi connectivity index (χ2n) is 7.06. The number of rotatable bonds is 7. The third-order valence-electron chi connectivity index (χ3n) is 4.73. The van der Waals surface area contributed by atoms with Crippen LogP contribution in [0.15, 0.2) is 5.51 Å². The summed E-state index contributed by atoms with van der Waals surface area (Å²) in [4.78, 5) is 24.5. The van der Waals surface area contributed by atoms with Crippen LogP contribution < -0.4 is 0 Å². The first-order valence-corrected chi connectivity index (χ1v) is 9.30. The Balaban J connectivity index is 1.76. The molecular formula is C17H30N4OS. The van der Waals surface area contributed by atoms with Crippen molar-refractivity contribution in [1.82, 2.24) is 19.7 Å². The van der Waals surface area contributed by atoms with E-state index in [4.69, 9.17) is 0 Å². The van der Waals surface area contributed by atoms with E-state index in [1.54, 1.807) is 11.3 Å². The lowest BCUT2D eigenvalue weighted by atomic mass is 10.1. The van der Waals surface area contributed by atoms with E-state index in [1.807, 2.05) is 17.5 Å². The second-order valence-corrected chi connectivity index (χ2v) is 8.00. The van der Waals surface area contributed by atoms with Crippen LogP contribution in [-0.4, -0.2) is 71.9 Å². The highest BCUT2D eigenvalue weighted by molar-refractivity contribution is 7.09. The van der Waals surface area contributed by atoms with Crippen molar-refractivity contribution in [3.05, 3.63) is 16.1 Å². The maximum atomic E-state index is 12.4. The second kappa shape index (κ2) is 8.22. The summed E-state index contributed by atoms with van der Waals surface area (Å²) in [6.45, 7) is 10.6. The van der Waals surface area contributed by atoms with E-state index >= 15 is 0 Å². The van der Waals surface area contributed by atoms with Crippen molar-refractivity contribution in [2.24, 2.45) is 5.92 Å². The average molecular weight is 339 g/mol. The third-order valence-corrected chi connectivity index (χ3v) is 5.65. The Bertz CT molecular complexity index is 516. The van der Waals surface area contributed by atoms with Crippen LogP contribution in [0.25, 0.3) is 0 Å². The van der Waals surface area contributed by atoms with Gasteiger partial charge in [0.25, 0.3) is 0 Å². The molecule has 130 valence electrons. The zero-order valence-electron chi connectivity index (χ0n) is 15.1. The number of hydrogen-bond acceptors (Lipinski definition) is 5. The lowest BCUT2D eigenvalue weighted by molar-refractivity contribution is -0.131. The lowest BCUT2D eigenvalue weighted by Crippen LogP contribution is -2.40. The van der Waals surface area contributed by atoms with Gasteiger partial charge in [0.05, 0.1) is 17.7 Å². The molecule has 0 aliphatic carbocycles. The van der Waals surface area contributed by atoms with Gasteiger partial charge >= 0.3 is 0 Å². The minimum Gasteiger partial charge on any atom is -0.341 e. The number of carbonyl (C=O) groups is 1. The van der Waals surface area contributed by atoms with Crippen LogP contribution in [0.2, 0.25) is 0 Å². The number of nitrogens with zero attached hydrogens (tertiary/aromatic N) is 4. The monoisotopic (exact) mass is 338 g/mol. The number of amides is 1. The van der Waals surface area contributed by atoms with Gasteiger partial charge in [-0.15, -0.1) is 11.3 Å². The fourth-order valence-electron chi connectivity index (χ4n) is 2.93. The van der Waals surface area contributed by atoms with Crippen molar-refractivity contribution in [1.29, 1.82) is 0 Å².